The number of amides is 2. The molecule has 4 heteroatoms. The summed E-state index contributed by atoms with van der Waals surface area (Å²) < 4.78 is 0. The van der Waals surface area contributed by atoms with Crippen LogP contribution in [-0.2, 0) is 9.59 Å². The van der Waals surface area contributed by atoms with Crippen LogP contribution in [-0.4, -0.2) is 48.8 Å². The van der Waals surface area contributed by atoms with Gasteiger partial charge in [0, 0.05) is 24.9 Å². The van der Waals surface area contributed by atoms with Crippen molar-refractivity contribution < 1.29 is 9.59 Å². The van der Waals surface area contributed by atoms with Gasteiger partial charge in [0.2, 0.25) is 11.8 Å². The summed E-state index contributed by atoms with van der Waals surface area (Å²) in [5, 5.41) is 0. The molecule has 0 aromatic heterocycles. The molecule has 0 radical (unpaired) electrons. The molecule has 0 saturated carbocycles. The van der Waals surface area contributed by atoms with Crippen LogP contribution in [0.25, 0.3) is 0 Å². The first-order valence-corrected chi connectivity index (χ1v) is 9.86. The maximum absolute atomic E-state index is 13.4. The number of fused-ring (bicyclic) bond motifs is 1. The second kappa shape index (κ2) is 7.72. The van der Waals surface area contributed by atoms with Crippen molar-refractivity contribution in [3.8, 4) is 0 Å². The highest BCUT2D eigenvalue weighted by atomic mass is 16.2. The molecule has 1 fully saturated rings. The molecule has 1 saturated heterocycles. The number of likely N-dealkylation sites (tertiary alicyclic amines) is 1. The third-order valence-corrected chi connectivity index (χ3v) is 5.93. The van der Waals surface area contributed by atoms with E-state index in [1.165, 1.54) is 4.90 Å². The summed E-state index contributed by atoms with van der Waals surface area (Å²) in [5.74, 6) is -0.870. The van der Waals surface area contributed by atoms with E-state index < -0.39 is 0 Å². The lowest BCUT2D eigenvalue weighted by molar-refractivity contribution is -0.140. The third-order valence-electron chi connectivity index (χ3n) is 5.93. The first-order valence-electron chi connectivity index (χ1n) is 9.86. The Labute approximate surface area is 166 Å². The molecule has 28 heavy (non-hydrogen) atoms. The van der Waals surface area contributed by atoms with Crippen molar-refractivity contribution in [1.82, 2.24) is 9.80 Å². The van der Waals surface area contributed by atoms with Gasteiger partial charge in [-0.15, -0.1) is 0 Å². The van der Waals surface area contributed by atoms with E-state index in [9.17, 15) is 9.59 Å². The highest BCUT2D eigenvalue weighted by molar-refractivity contribution is 6.06. The monoisotopic (exact) mass is 374 g/mol. The van der Waals surface area contributed by atoms with Crippen molar-refractivity contribution in [3.05, 3.63) is 83.9 Å². The predicted molar refractivity (Wildman–Crippen MR) is 110 cm³/mol. The van der Waals surface area contributed by atoms with Gasteiger partial charge < -0.3 is 4.90 Å². The highest BCUT2D eigenvalue weighted by Crippen LogP contribution is 2.49. The number of benzene rings is 2. The van der Waals surface area contributed by atoms with Crippen LogP contribution < -0.4 is 0 Å². The van der Waals surface area contributed by atoms with Crippen molar-refractivity contribution in [3.63, 3.8) is 0 Å². The van der Waals surface area contributed by atoms with Crippen LogP contribution in [0.1, 0.15) is 23.0 Å². The fourth-order valence-electron chi connectivity index (χ4n) is 4.52. The predicted octanol–water partition coefficient (Wildman–Crippen LogP) is 3.29. The average molecular weight is 374 g/mol. The first-order chi connectivity index (χ1) is 13.6. The molecule has 0 N–H and O–H groups in total. The van der Waals surface area contributed by atoms with Crippen molar-refractivity contribution >= 4 is 11.8 Å². The lowest BCUT2D eigenvalue weighted by atomic mass is 9.68. The van der Waals surface area contributed by atoms with Crippen molar-refractivity contribution in [2.45, 2.75) is 11.8 Å². The Bertz CT molecular complexity index is 808. The summed E-state index contributed by atoms with van der Waals surface area (Å²) in [5.41, 5.74) is 2.19. The molecular formula is C24H26N2O2. The van der Waals surface area contributed by atoms with Gasteiger partial charge in [-0.2, -0.15) is 0 Å². The van der Waals surface area contributed by atoms with Gasteiger partial charge >= 0.3 is 0 Å². The van der Waals surface area contributed by atoms with E-state index in [0.29, 0.717) is 13.1 Å². The molecule has 4 rings (SSSR count). The summed E-state index contributed by atoms with van der Waals surface area (Å²) in [7, 11) is 3.92. The molecule has 4 atom stereocenters. The topological polar surface area (TPSA) is 40.6 Å². The summed E-state index contributed by atoms with van der Waals surface area (Å²) >= 11 is 0. The van der Waals surface area contributed by atoms with E-state index >= 15 is 0 Å². The van der Waals surface area contributed by atoms with Gasteiger partial charge in [0.15, 0.2) is 0 Å². The first kappa shape index (κ1) is 18.6. The van der Waals surface area contributed by atoms with Crippen LogP contribution >= 0.6 is 0 Å². The minimum absolute atomic E-state index is 0.0315. The lowest BCUT2D eigenvalue weighted by Crippen LogP contribution is -2.37. The Morgan fingerprint density at radius 3 is 1.57 bits per heavy atom. The van der Waals surface area contributed by atoms with Crippen LogP contribution in [0.15, 0.2) is 72.8 Å². The molecule has 0 bridgehead atoms. The Hall–Kier alpha value is -2.72. The molecule has 144 valence electrons. The zero-order chi connectivity index (χ0) is 19.7. The summed E-state index contributed by atoms with van der Waals surface area (Å²) in [4.78, 5) is 30.3. The van der Waals surface area contributed by atoms with Gasteiger partial charge in [-0.05, 0) is 25.2 Å². The lowest BCUT2D eigenvalue weighted by Gasteiger charge is -2.32. The molecule has 1 aliphatic heterocycles. The van der Waals surface area contributed by atoms with Gasteiger partial charge in [0.05, 0.1) is 11.8 Å². The molecule has 2 amide bonds. The molecule has 4 unspecified atom stereocenters. The van der Waals surface area contributed by atoms with E-state index in [1.54, 1.807) is 0 Å². The number of imide groups is 1. The number of carbonyl (C=O) groups excluding carboxylic acids is 2. The fourth-order valence-corrected chi connectivity index (χ4v) is 4.52. The maximum atomic E-state index is 13.4. The van der Waals surface area contributed by atoms with Gasteiger partial charge in [0.25, 0.3) is 0 Å². The third kappa shape index (κ3) is 3.29. The smallest absolute Gasteiger partial charge is 0.234 e. The zero-order valence-corrected chi connectivity index (χ0v) is 16.4. The fraction of sp³-hybridized carbons (Fsp3) is 0.333. The van der Waals surface area contributed by atoms with Crippen molar-refractivity contribution in [2.24, 2.45) is 11.8 Å². The molecule has 1 heterocycles. The van der Waals surface area contributed by atoms with Gasteiger partial charge in [-0.1, -0.05) is 72.8 Å². The Morgan fingerprint density at radius 2 is 1.18 bits per heavy atom. The van der Waals surface area contributed by atoms with Gasteiger partial charge in [-0.25, -0.2) is 0 Å². The second-order valence-electron chi connectivity index (χ2n) is 7.94. The minimum Gasteiger partial charge on any atom is -0.308 e. The van der Waals surface area contributed by atoms with Crippen LogP contribution in [0.2, 0.25) is 0 Å². The van der Waals surface area contributed by atoms with Gasteiger partial charge in [0.1, 0.15) is 0 Å². The van der Waals surface area contributed by atoms with Crippen molar-refractivity contribution in [1.29, 1.82) is 0 Å². The SMILES string of the molecule is CN(C)CCN1C(=O)C2C(c3ccccc3)C=CC(c3ccccc3)C2C1=O. The highest BCUT2D eigenvalue weighted by Gasteiger charge is 2.54. The largest absolute Gasteiger partial charge is 0.308 e. The van der Waals surface area contributed by atoms with E-state index in [2.05, 4.69) is 36.4 Å². The molecule has 2 aromatic rings. The molecule has 2 aliphatic rings. The minimum atomic E-state index is -0.340. The second-order valence-corrected chi connectivity index (χ2v) is 7.94. The number of hydrogen-bond donors (Lipinski definition) is 0. The van der Waals surface area contributed by atoms with Crippen LogP contribution in [0, 0.1) is 11.8 Å². The van der Waals surface area contributed by atoms with Gasteiger partial charge in [-0.3, -0.25) is 14.5 Å². The number of hydrogen-bond acceptors (Lipinski definition) is 3. The molecule has 2 aromatic carbocycles. The van der Waals surface area contributed by atoms with Crippen LogP contribution in [0.4, 0.5) is 0 Å². The molecule has 0 spiro atoms. The molecule has 1 aliphatic carbocycles. The molecule has 4 nitrogen and oxygen atoms in total. The number of nitrogens with zero attached hydrogens (tertiary/aromatic N) is 2. The van der Waals surface area contributed by atoms with E-state index in [-0.39, 0.29) is 35.5 Å². The standard InChI is InChI=1S/C24H26N2O2/c1-25(2)15-16-26-23(27)21-19(17-9-5-3-6-10-17)13-14-20(22(21)24(26)28)18-11-7-4-8-12-18/h3-14,19-22H,15-16H2,1-2H3. The average Bonchev–Trinajstić information content (AvgIpc) is 2.98. The zero-order valence-electron chi connectivity index (χ0n) is 16.4. The molecular weight excluding hydrogens is 348 g/mol. The Balaban J connectivity index is 1.75. The maximum Gasteiger partial charge on any atom is 0.234 e. The quantitative estimate of drug-likeness (QED) is 0.596. The van der Waals surface area contributed by atoms with Crippen LogP contribution in [0.5, 0.6) is 0 Å². The Morgan fingerprint density at radius 1 is 0.750 bits per heavy atom. The number of rotatable bonds is 5. The summed E-state index contributed by atoms with van der Waals surface area (Å²) in [6, 6.07) is 20.1. The summed E-state index contributed by atoms with van der Waals surface area (Å²) in [6.45, 7) is 1.12. The van der Waals surface area contributed by atoms with E-state index in [0.717, 1.165) is 11.1 Å². The Kier molecular flexibility index (Phi) is 5.14. The van der Waals surface area contributed by atoms with E-state index in [4.69, 9.17) is 0 Å². The van der Waals surface area contributed by atoms with E-state index in [1.807, 2.05) is 55.4 Å². The number of carbonyl (C=O) groups is 2. The number of likely N-dealkylation sites (N-methyl/N-ethyl adjacent to an activating group) is 1. The normalized spacial score (nSPS) is 26.8. The summed E-state index contributed by atoms with van der Waals surface area (Å²) in [6.07, 6.45) is 4.27. The number of allylic oxidation sites excluding steroid dienone is 2. The van der Waals surface area contributed by atoms with Crippen LogP contribution in [0.3, 0.4) is 0 Å². The van der Waals surface area contributed by atoms with Crippen molar-refractivity contribution in [2.75, 3.05) is 27.2 Å².